The van der Waals surface area contributed by atoms with Crippen molar-refractivity contribution < 1.29 is 19.4 Å². The minimum absolute atomic E-state index is 0.122. The zero-order valence-corrected chi connectivity index (χ0v) is 12.5. The molecule has 118 valence electrons. The topological polar surface area (TPSA) is 75.6 Å². The zero-order valence-electron chi connectivity index (χ0n) is 12.5. The maximum absolute atomic E-state index is 12.1. The summed E-state index contributed by atoms with van der Waals surface area (Å²) in [6, 6.07) is 14.3. The van der Waals surface area contributed by atoms with Crippen molar-refractivity contribution in [3.05, 3.63) is 65.2 Å². The fourth-order valence-corrected chi connectivity index (χ4v) is 2.59. The second-order valence-corrected chi connectivity index (χ2v) is 5.46. The average Bonchev–Trinajstić information content (AvgIpc) is 2.99. The molecular formula is C18H17NO4. The first-order chi connectivity index (χ1) is 11.1. The van der Waals surface area contributed by atoms with Gasteiger partial charge in [-0.25, -0.2) is 4.79 Å². The Labute approximate surface area is 133 Å². The molecule has 0 aliphatic carbocycles. The van der Waals surface area contributed by atoms with Crippen LogP contribution in [0.1, 0.15) is 21.5 Å². The van der Waals surface area contributed by atoms with Crippen molar-refractivity contribution in [2.24, 2.45) is 0 Å². The van der Waals surface area contributed by atoms with Gasteiger partial charge in [0.15, 0.2) is 6.10 Å². The molecule has 3 rings (SSSR count). The Hall–Kier alpha value is -2.82. The van der Waals surface area contributed by atoms with Crippen LogP contribution in [0.25, 0.3) is 0 Å². The molecule has 2 aromatic rings. The molecule has 0 spiro atoms. The SMILES string of the molecule is O=C(O)c1ccc(CCNC(=O)C2Cc3ccccc3O2)cc1. The molecule has 1 heterocycles. The van der Waals surface area contributed by atoms with Gasteiger partial charge in [0.2, 0.25) is 0 Å². The molecule has 0 aromatic heterocycles. The summed E-state index contributed by atoms with van der Waals surface area (Å²) in [6.07, 6.45) is 0.766. The van der Waals surface area contributed by atoms with Gasteiger partial charge in [-0.15, -0.1) is 0 Å². The van der Waals surface area contributed by atoms with Crippen molar-refractivity contribution in [3.8, 4) is 5.75 Å². The lowest BCUT2D eigenvalue weighted by atomic mass is 10.1. The van der Waals surface area contributed by atoms with Crippen LogP contribution < -0.4 is 10.1 Å². The van der Waals surface area contributed by atoms with Crippen LogP contribution in [0.15, 0.2) is 48.5 Å². The lowest BCUT2D eigenvalue weighted by molar-refractivity contribution is -0.127. The molecule has 1 amide bonds. The van der Waals surface area contributed by atoms with Crippen LogP contribution >= 0.6 is 0 Å². The number of hydrogen-bond acceptors (Lipinski definition) is 3. The van der Waals surface area contributed by atoms with Crippen molar-refractivity contribution in [3.63, 3.8) is 0 Å². The monoisotopic (exact) mass is 311 g/mol. The number of carbonyl (C=O) groups excluding carboxylic acids is 1. The summed E-state index contributed by atoms with van der Waals surface area (Å²) in [6.45, 7) is 0.488. The van der Waals surface area contributed by atoms with Gasteiger partial charge in [-0.3, -0.25) is 4.79 Å². The van der Waals surface area contributed by atoms with Gasteiger partial charge in [0, 0.05) is 13.0 Å². The lowest BCUT2D eigenvalue weighted by Gasteiger charge is -2.11. The van der Waals surface area contributed by atoms with Crippen LogP contribution in [0.2, 0.25) is 0 Å². The quantitative estimate of drug-likeness (QED) is 0.886. The number of aromatic carboxylic acids is 1. The van der Waals surface area contributed by atoms with Crippen molar-refractivity contribution in [1.82, 2.24) is 5.32 Å². The highest BCUT2D eigenvalue weighted by Crippen LogP contribution is 2.28. The van der Waals surface area contributed by atoms with E-state index in [9.17, 15) is 9.59 Å². The summed E-state index contributed by atoms with van der Waals surface area (Å²) < 4.78 is 5.64. The maximum atomic E-state index is 12.1. The molecule has 1 unspecified atom stereocenters. The molecule has 5 heteroatoms. The van der Waals surface area contributed by atoms with E-state index in [1.807, 2.05) is 24.3 Å². The molecule has 0 bridgehead atoms. The van der Waals surface area contributed by atoms with Crippen molar-refractivity contribution in [2.75, 3.05) is 6.54 Å². The van der Waals surface area contributed by atoms with Crippen LogP contribution in [0, 0.1) is 0 Å². The number of rotatable bonds is 5. The molecule has 1 aliphatic heterocycles. The van der Waals surface area contributed by atoms with Crippen molar-refractivity contribution >= 4 is 11.9 Å². The third-order valence-electron chi connectivity index (χ3n) is 3.85. The van der Waals surface area contributed by atoms with Crippen LogP contribution in [-0.2, 0) is 17.6 Å². The minimum Gasteiger partial charge on any atom is -0.480 e. The molecule has 1 aliphatic rings. The Kier molecular flexibility index (Phi) is 4.28. The highest BCUT2D eigenvalue weighted by molar-refractivity contribution is 5.87. The fourth-order valence-electron chi connectivity index (χ4n) is 2.59. The van der Waals surface area contributed by atoms with E-state index in [1.165, 1.54) is 0 Å². The summed E-state index contributed by atoms with van der Waals surface area (Å²) in [5.74, 6) is -0.289. The zero-order chi connectivity index (χ0) is 16.2. The van der Waals surface area contributed by atoms with E-state index in [1.54, 1.807) is 24.3 Å². The summed E-state index contributed by atoms with van der Waals surface area (Å²) in [7, 11) is 0. The van der Waals surface area contributed by atoms with E-state index in [0.29, 0.717) is 19.4 Å². The third-order valence-corrected chi connectivity index (χ3v) is 3.85. The highest BCUT2D eigenvalue weighted by Gasteiger charge is 2.28. The van der Waals surface area contributed by atoms with Gasteiger partial charge >= 0.3 is 5.97 Å². The Balaban J connectivity index is 1.48. The van der Waals surface area contributed by atoms with Crippen LogP contribution in [0.4, 0.5) is 0 Å². The largest absolute Gasteiger partial charge is 0.480 e. The molecule has 5 nitrogen and oxygen atoms in total. The van der Waals surface area contributed by atoms with E-state index >= 15 is 0 Å². The fraction of sp³-hybridized carbons (Fsp3) is 0.222. The second-order valence-electron chi connectivity index (χ2n) is 5.46. The van der Waals surface area contributed by atoms with E-state index in [4.69, 9.17) is 9.84 Å². The van der Waals surface area contributed by atoms with Gasteiger partial charge in [-0.2, -0.15) is 0 Å². The number of fused-ring (bicyclic) bond motifs is 1. The van der Waals surface area contributed by atoms with Crippen molar-refractivity contribution in [2.45, 2.75) is 18.9 Å². The maximum Gasteiger partial charge on any atom is 0.335 e. The Bertz CT molecular complexity index is 699. The van der Waals surface area contributed by atoms with E-state index in [0.717, 1.165) is 16.9 Å². The predicted octanol–water partition coefficient (Wildman–Crippen LogP) is 2.05. The number of benzene rings is 2. The Morgan fingerprint density at radius 3 is 2.57 bits per heavy atom. The number of carbonyl (C=O) groups is 2. The van der Waals surface area contributed by atoms with E-state index in [-0.39, 0.29) is 11.5 Å². The Morgan fingerprint density at radius 1 is 1.13 bits per heavy atom. The van der Waals surface area contributed by atoms with Gasteiger partial charge in [0.1, 0.15) is 5.75 Å². The number of ether oxygens (including phenoxy) is 1. The molecule has 0 radical (unpaired) electrons. The van der Waals surface area contributed by atoms with Crippen LogP contribution in [-0.4, -0.2) is 29.6 Å². The van der Waals surface area contributed by atoms with Crippen LogP contribution in [0.5, 0.6) is 5.75 Å². The van der Waals surface area contributed by atoms with Gasteiger partial charge in [-0.05, 0) is 35.7 Å². The number of carboxylic acid groups (broad SMARTS) is 1. The molecule has 2 aromatic carbocycles. The molecule has 0 saturated carbocycles. The number of amides is 1. The van der Waals surface area contributed by atoms with E-state index < -0.39 is 12.1 Å². The number of carboxylic acids is 1. The lowest BCUT2D eigenvalue weighted by Crippen LogP contribution is -2.38. The normalized spacial score (nSPS) is 15.6. The molecule has 1 atom stereocenters. The first-order valence-corrected chi connectivity index (χ1v) is 7.48. The smallest absolute Gasteiger partial charge is 0.335 e. The van der Waals surface area contributed by atoms with Gasteiger partial charge < -0.3 is 15.2 Å². The number of nitrogens with one attached hydrogen (secondary N) is 1. The average molecular weight is 311 g/mol. The first-order valence-electron chi connectivity index (χ1n) is 7.48. The number of hydrogen-bond donors (Lipinski definition) is 2. The first kappa shape index (κ1) is 15.1. The van der Waals surface area contributed by atoms with E-state index in [2.05, 4.69) is 5.32 Å². The van der Waals surface area contributed by atoms with Gasteiger partial charge in [-0.1, -0.05) is 30.3 Å². The third kappa shape index (κ3) is 3.51. The standard InChI is InChI=1S/C18H17NO4/c20-17(16-11-14-3-1-2-4-15(14)23-16)19-10-9-12-5-7-13(8-6-12)18(21)22/h1-8,16H,9-11H2,(H,19,20)(H,21,22). The molecular weight excluding hydrogens is 294 g/mol. The molecule has 2 N–H and O–H groups in total. The highest BCUT2D eigenvalue weighted by atomic mass is 16.5. The molecule has 0 saturated heterocycles. The Morgan fingerprint density at radius 2 is 1.87 bits per heavy atom. The summed E-state index contributed by atoms with van der Waals surface area (Å²) in [4.78, 5) is 22.9. The predicted molar refractivity (Wildman–Crippen MR) is 84.7 cm³/mol. The van der Waals surface area contributed by atoms with Gasteiger partial charge in [0.25, 0.3) is 5.91 Å². The van der Waals surface area contributed by atoms with Crippen molar-refractivity contribution in [1.29, 1.82) is 0 Å². The molecule has 23 heavy (non-hydrogen) atoms. The summed E-state index contributed by atoms with van der Waals surface area (Å²) in [5, 5.41) is 11.7. The molecule has 0 fully saturated rings. The summed E-state index contributed by atoms with van der Waals surface area (Å²) in [5.41, 5.74) is 2.29. The summed E-state index contributed by atoms with van der Waals surface area (Å²) >= 11 is 0. The van der Waals surface area contributed by atoms with Crippen LogP contribution in [0.3, 0.4) is 0 Å². The van der Waals surface area contributed by atoms with Gasteiger partial charge in [0.05, 0.1) is 5.56 Å². The minimum atomic E-state index is -0.942. The number of para-hydroxylation sites is 1. The second kappa shape index (κ2) is 6.52.